The van der Waals surface area contributed by atoms with Gasteiger partial charge >= 0.3 is 5.97 Å². The lowest BCUT2D eigenvalue weighted by Crippen LogP contribution is -2.34. The number of carbonyl (C=O) groups excluding carboxylic acids is 2. The van der Waals surface area contributed by atoms with Gasteiger partial charge < -0.3 is 15.4 Å². The van der Waals surface area contributed by atoms with Crippen LogP contribution in [0.2, 0.25) is 0 Å². The van der Waals surface area contributed by atoms with Crippen molar-refractivity contribution in [2.45, 2.75) is 6.92 Å². The number of nitrogens with zero attached hydrogens (tertiary/aromatic N) is 3. The Bertz CT molecular complexity index is 706. The molecule has 8 heteroatoms. The highest BCUT2D eigenvalue weighted by Crippen LogP contribution is 2.15. The van der Waals surface area contributed by atoms with Crippen LogP contribution in [0, 0.1) is 5.82 Å². The SMILES string of the molecule is CCN(C(=O)COC(=O)c1nccnc1N)c1ccc(F)cc1. The van der Waals surface area contributed by atoms with E-state index in [-0.39, 0.29) is 11.5 Å². The van der Waals surface area contributed by atoms with Crippen molar-refractivity contribution in [1.82, 2.24) is 9.97 Å². The van der Waals surface area contributed by atoms with E-state index in [0.717, 1.165) is 0 Å². The molecular formula is C15H15FN4O3. The molecule has 0 bridgehead atoms. The lowest BCUT2D eigenvalue weighted by atomic mass is 10.2. The van der Waals surface area contributed by atoms with Crippen LogP contribution >= 0.6 is 0 Å². The van der Waals surface area contributed by atoms with Crippen LogP contribution in [0.15, 0.2) is 36.7 Å². The molecule has 0 saturated carbocycles. The van der Waals surface area contributed by atoms with Gasteiger partial charge in [-0.2, -0.15) is 0 Å². The molecule has 1 amide bonds. The fourth-order valence-corrected chi connectivity index (χ4v) is 1.90. The molecule has 0 radical (unpaired) electrons. The van der Waals surface area contributed by atoms with Gasteiger partial charge in [-0.25, -0.2) is 19.2 Å². The van der Waals surface area contributed by atoms with Crippen LogP contribution in [0.5, 0.6) is 0 Å². The maximum absolute atomic E-state index is 12.9. The van der Waals surface area contributed by atoms with Crippen molar-refractivity contribution in [3.8, 4) is 0 Å². The summed E-state index contributed by atoms with van der Waals surface area (Å²) in [7, 11) is 0. The first-order valence-electron chi connectivity index (χ1n) is 6.82. The van der Waals surface area contributed by atoms with Crippen molar-refractivity contribution in [3.05, 3.63) is 48.2 Å². The van der Waals surface area contributed by atoms with E-state index in [1.807, 2.05) is 0 Å². The normalized spacial score (nSPS) is 10.2. The lowest BCUT2D eigenvalue weighted by Gasteiger charge is -2.20. The van der Waals surface area contributed by atoms with Gasteiger partial charge in [0, 0.05) is 24.6 Å². The summed E-state index contributed by atoms with van der Waals surface area (Å²) in [4.78, 5) is 32.9. The molecule has 120 valence electrons. The van der Waals surface area contributed by atoms with Crippen molar-refractivity contribution in [2.24, 2.45) is 0 Å². The molecule has 0 aliphatic carbocycles. The first-order valence-corrected chi connectivity index (χ1v) is 6.82. The summed E-state index contributed by atoms with van der Waals surface area (Å²) in [6, 6.07) is 5.44. The van der Waals surface area contributed by atoms with Crippen LogP contribution in [0.1, 0.15) is 17.4 Å². The average Bonchev–Trinajstić information content (AvgIpc) is 2.55. The maximum atomic E-state index is 12.9. The third kappa shape index (κ3) is 4.00. The number of aromatic nitrogens is 2. The van der Waals surface area contributed by atoms with E-state index in [9.17, 15) is 14.0 Å². The summed E-state index contributed by atoms with van der Waals surface area (Å²) < 4.78 is 17.8. The number of rotatable bonds is 5. The van der Waals surface area contributed by atoms with E-state index in [2.05, 4.69) is 9.97 Å². The molecular weight excluding hydrogens is 303 g/mol. The second kappa shape index (κ2) is 7.30. The standard InChI is InChI=1S/C15H15FN4O3/c1-2-20(11-5-3-10(16)4-6-11)12(21)9-23-15(22)13-14(17)19-8-7-18-13/h3-8H,2,9H2,1H3,(H2,17,19). The summed E-state index contributed by atoms with van der Waals surface area (Å²) in [5.41, 5.74) is 5.87. The monoisotopic (exact) mass is 318 g/mol. The van der Waals surface area contributed by atoms with Gasteiger partial charge in [0.05, 0.1) is 0 Å². The van der Waals surface area contributed by atoms with Crippen LogP contribution in [0.4, 0.5) is 15.9 Å². The number of hydrogen-bond acceptors (Lipinski definition) is 6. The minimum absolute atomic E-state index is 0.0733. The molecule has 23 heavy (non-hydrogen) atoms. The molecule has 0 atom stereocenters. The summed E-state index contributed by atoms with van der Waals surface area (Å²) in [6.07, 6.45) is 2.64. The molecule has 0 saturated heterocycles. The quantitative estimate of drug-likeness (QED) is 0.837. The zero-order chi connectivity index (χ0) is 16.8. The third-order valence-electron chi connectivity index (χ3n) is 3.00. The van der Waals surface area contributed by atoms with Crippen LogP contribution in [-0.4, -0.2) is 35.0 Å². The Morgan fingerprint density at radius 3 is 2.48 bits per heavy atom. The number of likely N-dealkylation sites (N-methyl/N-ethyl adjacent to an activating group) is 1. The second-order valence-electron chi connectivity index (χ2n) is 4.48. The Hall–Kier alpha value is -3.03. The van der Waals surface area contributed by atoms with Gasteiger partial charge in [-0.05, 0) is 31.2 Å². The van der Waals surface area contributed by atoms with E-state index in [1.54, 1.807) is 6.92 Å². The summed E-state index contributed by atoms with van der Waals surface area (Å²) in [5, 5.41) is 0. The van der Waals surface area contributed by atoms with Crippen LogP contribution in [-0.2, 0) is 9.53 Å². The van der Waals surface area contributed by atoms with Gasteiger partial charge in [0.2, 0.25) is 0 Å². The predicted octanol–water partition coefficient (Wildman–Crippen LogP) is 1.41. The van der Waals surface area contributed by atoms with Gasteiger partial charge in [0.15, 0.2) is 18.1 Å². The smallest absolute Gasteiger partial charge is 0.361 e. The Labute approximate surface area is 131 Å². The Balaban J connectivity index is 2.01. The van der Waals surface area contributed by atoms with E-state index in [1.165, 1.54) is 41.6 Å². The van der Waals surface area contributed by atoms with Crippen molar-refractivity contribution in [1.29, 1.82) is 0 Å². The predicted molar refractivity (Wildman–Crippen MR) is 81.2 cm³/mol. The fourth-order valence-electron chi connectivity index (χ4n) is 1.90. The van der Waals surface area contributed by atoms with Crippen LogP contribution in [0.3, 0.4) is 0 Å². The molecule has 7 nitrogen and oxygen atoms in total. The Morgan fingerprint density at radius 1 is 1.22 bits per heavy atom. The van der Waals surface area contributed by atoms with Gasteiger partial charge in [-0.15, -0.1) is 0 Å². The van der Waals surface area contributed by atoms with Gasteiger partial charge in [-0.3, -0.25) is 4.79 Å². The molecule has 2 rings (SSSR count). The number of amides is 1. The molecule has 1 aromatic carbocycles. The summed E-state index contributed by atoms with van der Waals surface area (Å²) in [5.74, 6) is -1.76. The number of benzene rings is 1. The van der Waals surface area contributed by atoms with Crippen LogP contribution in [0.25, 0.3) is 0 Å². The highest BCUT2D eigenvalue weighted by Gasteiger charge is 2.19. The number of nitrogen functional groups attached to an aromatic ring is 1. The first-order chi connectivity index (χ1) is 11.0. The van der Waals surface area contributed by atoms with Gasteiger partial charge in [-0.1, -0.05) is 0 Å². The van der Waals surface area contributed by atoms with Crippen molar-refractivity contribution >= 4 is 23.4 Å². The second-order valence-corrected chi connectivity index (χ2v) is 4.48. The number of halogens is 1. The van der Waals surface area contributed by atoms with Crippen molar-refractivity contribution < 1.29 is 18.7 Å². The number of nitrogens with two attached hydrogens (primary N) is 1. The largest absolute Gasteiger partial charge is 0.451 e. The van der Waals surface area contributed by atoms with Crippen molar-refractivity contribution in [2.75, 3.05) is 23.8 Å². The van der Waals surface area contributed by atoms with E-state index >= 15 is 0 Å². The zero-order valence-electron chi connectivity index (χ0n) is 12.4. The third-order valence-corrected chi connectivity index (χ3v) is 3.00. The number of hydrogen-bond donors (Lipinski definition) is 1. The van der Waals surface area contributed by atoms with Gasteiger partial charge in [0.25, 0.3) is 5.91 Å². The van der Waals surface area contributed by atoms with E-state index in [0.29, 0.717) is 12.2 Å². The van der Waals surface area contributed by atoms with Crippen LogP contribution < -0.4 is 10.6 Å². The fraction of sp³-hybridized carbons (Fsp3) is 0.200. The average molecular weight is 318 g/mol. The maximum Gasteiger partial charge on any atom is 0.361 e. The van der Waals surface area contributed by atoms with Gasteiger partial charge in [0.1, 0.15) is 5.82 Å². The highest BCUT2D eigenvalue weighted by atomic mass is 19.1. The Morgan fingerprint density at radius 2 is 1.87 bits per heavy atom. The molecule has 2 aromatic rings. The number of ether oxygens (including phenoxy) is 1. The van der Waals surface area contributed by atoms with E-state index in [4.69, 9.17) is 10.5 Å². The minimum atomic E-state index is -0.834. The zero-order valence-corrected chi connectivity index (χ0v) is 12.4. The van der Waals surface area contributed by atoms with E-state index < -0.39 is 24.3 Å². The summed E-state index contributed by atoms with van der Waals surface area (Å²) >= 11 is 0. The molecule has 0 aliphatic rings. The molecule has 0 unspecified atom stereocenters. The molecule has 0 fully saturated rings. The molecule has 0 aliphatic heterocycles. The molecule has 2 N–H and O–H groups in total. The number of esters is 1. The lowest BCUT2D eigenvalue weighted by molar-refractivity contribution is -0.121. The number of anilines is 2. The number of carbonyl (C=O) groups is 2. The summed E-state index contributed by atoms with van der Waals surface area (Å²) in [6.45, 7) is 1.61. The molecule has 0 spiro atoms. The first kappa shape index (κ1) is 16.3. The highest BCUT2D eigenvalue weighted by molar-refractivity contribution is 5.97. The van der Waals surface area contributed by atoms with Crippen molar-refractivity contribution in [3.63, 3.8) is 0 Å². The topological polar surface area (TPSA) is 98.4 Å². The molecule has 1 heterocycles. The minimum Gasteiger partial charge on any atom is -0.451 e. The molecule has 1 aromatic heterocycles. The Kier molecular flexibility index (Phi) is 5.19.